The van der Waals surface area contributed by atoms with E-state index in [2.05, 4.69) is 85.5 Å². The predicted molar refractivity (Wildman–Crippen MR) is 185 cm³/mol. The third-order valence-electron chi connectivity index (χ3n) is 6.97. The van der Waals surface area contributed by atoms with Crippen LogP contribution >= 0.6 is 0 Å². The van der Waals surface area contributed by atoms with Crippen LogP contribution in [0.2, 0.25) is 78.6 Å². The molecule has 0 N–H and O–H groups in total. The van der Waals surface area contributed by atoms with E-state index in [0.717, 1.165) is 57.8 Å². The number of unbranched alkanes of at least 4 members (excludes halogenated alkanes) is 4. The van der Waals surface area contributed by atoms with Crippen LogP contribution in [-0.4, -0.2) is 83.0 Å². The minimum Gasteiger partial charge on any atom is -0.469 e. The van der Waals surface area contributed by atoms with E-state index in [4.69, 9.17) is 27.2 Å². The van der Waals surface area contributed by atoms with E-state index >= 15 is 0 Å². The molecule has 0 aromatic carbocycles. The summed E-state index contributed by atoms with van der Waals surface area (Å²) in [6.07, 6.45) is 9.95. The fourth-order valence-corrected chi connectivity index (χ4v) is 10.1. The van der Waals surface area contributed by atoms with Crippen LogP contribution in [0.25, 0.3) is 0 Å². The summed E-state index contributed by atoms with van der Waals surface area (Å²) in [5.74, 6) is -0.116. The molecule has 250 valence electrons. The van der Waals surface area contributed by atoms with Gasteiger partial charge in [-0.3, -0.25) is 4.79 Å². The molecule has 0 spiro atoms. The highest BCUT2D eigenvalue weighted by Gasteiger charge is 2.44. The van der Waals surface area contributed by atoms with E-state index in [-0.39, 0.29) is 36.5 Å². The zero-order chi connectivity index (χ0) is 32.4. The Morgan fingerprint density at radius 2 is 1.05 bits per heavy atom. The van der Waals surface area contributed by atoms with Crippen LogP contribution in [0.15, 0.2) is 0 Å². The lowest BCUT2D eigenvalue weighted by Crippen LogP contribution is -2.51. The van der Waals surface area contributed by atoms with Gasteiger partial charge in [-0.15, -0.1) is 0 Å². The lowest BCUT2D eigenvalue weighted by Gasteiger charge is -2.42. The zero-order valence-electron chi connectivity index (χ0n) is 29.9. The zero-order valence-corrected chi connectivity index (χ0v) is 33.9. The lowest BCUT2D eigenvalue weighted by atomic mass is 9.96. The predicted octanol–water partition coefficient (Wildman–Crippen LogP) is 8.73. The molecule has 11 heteroatoms. The van der Waals surface area contributed by atoms with Crippen molar-refractivity contribution in [2.24, 2.45) is 0 Å². The van der Waals surface area contributed by atoms with Gasteiger partial charge in [-0.25, -0.2) is 0 Å². The van der Waals surface area contributed by atoms with E-state index in [9.17, 15) is 4.79 Å². The molecule has 1 heterocycles. The number of hydrogen-bond acceptors (Lipinski definition) is 7. The normalized spacial score (nSPS) is 21.1. The maximum Gasteiger partial charge on any atom is 0.305 e. The van der Waals surface area contributed by atoms with Crippen molar-refractivity contribution in [1.82, 2.24) is 0 Å². The highest BCUT2D eigenvalue weighted by atomic mass is 28.4. The second-order valence-corrected chi connectivity index (χ2v) is 33.9. The summed E-state index contributed by atoms with van der Waals surface area (Å²) in [5, 5.41) is 0. The van der Waals surface area contributed by atoms with E-state index in [1.165, 1.54) is 7.11 Å². The first-order valence-electron chi connectivity index (χ1n) is 16.6. The van der Waals surface area contributed by atoms with Gasteiger partial charge < -0.3 is 27.2 Å². The van der Waals surface area contributed by atoms with Crippen molar-refractivity contribution >= 4 is 39.2 Å². The maximum absolute atomic E-state index is 11.4. The van der Waals surface area contributed by atoms with Crippen LogP contribution in [0.3, 0.4) is 0 Å². The quantitative estimate of drug-likeness (QED) is 0.0468. The van der Waals surface area contributed by atoms with Gasteiger partial charge in [0.05, 0.1) is 43.7 Å². The monoisotopic (exact) mass is 664 g/mol. The number of epoxide rings is 1. The van der Waals surface area contributed by atoms with Crippen LogP contribution < -0.4 is 0 Å². The van der Waals surface area contributed by atoms with Crippen molar-refractivity contribution in [2.45, 2.75) is 186 Å². The number of esters is 1. The Balaban J connectivity index is 3.20. The molecule has 0 aromatic heterocycles. The molecule has 42 heavy (non-hydrogen) atoms. The van der Waals surface area contributed by atoms with Crippen molar-refractivity contribution in [3.05, 3.63) is 0 Å². The van der Waals surface area contributed by atoms with E-state index in [1.54, 1.807) is 0 Å². The summed E-state index contributed by atoms with van der Waals surface area (Å²) in [4.78, 5) is 11.4. The average molecular weight is 665 g/mol. The lowest BCUT2D eigenvalue weighted by molar-refractivity contribution is -0.140. The number of methoxy groups -OCH3 is 1. The second-order valence-electron chi connectivity index (χ2n) is 16.0. The van der Waals surface area contributed by atoms with E-state index in [1.807, 2.05) is 0 Å². The second kappa shape index (κ2) is 17.7. The molecule has 0 aromatic rings. The number of hydrogen-bond donors (Lipinski definition) is 0. The van der Waals surface area contributed by atoms with Gasteiger partial charge >= 0.3 is 5.97 Å². The molecule has 0 bridgehead atoms. The number of carbonyl (C=O) groups is 1. The molecule has 1 rings (SSSR count). The van der Waals surface area contributed by atoms with Gasteiger partial charge in [0.2, 0.25) is 0 Å². The fraction of sp³-hybridized carbons (Fsp3) is 0.968. The van der Waals surface area contributed by atoms with Crippen LogP contribution in [0.1, 0.15) is 71.1 Å². The number of carbonyl (C=O) groups excluding carboxylic acids is 1. The number of ether oxygens (including phenoxy) is 2. The van der Waals surface area contributed by atoms with Crippen molar-refractivity contribution in [3.8, 4) is 0 Å². The SMILES string of the molecule is CCC1OC1CC(O[Si](C)(C)C)C(CC(O[Si](C)(C)C)C(CCCCCCCC(=O)OC)O[Si](C)(C)C)O[Si](C)(C)C. The van der Waals surface area contributed by atoms with Crippen LogP contribution in [0.5, 0.6) is 0 Å². The molecule has 6 unspecified atom stereocenters. The summed E-state index contributed by atoms with van der Waals surface area (Å²) in [5.41, 5.74) is 0. The molecule has 1 fully saturated rings. The van der Waals surface area contributed by atoms with Crippen LogP contribution in [0, 0.1) is 0 Å². The Morgan fingerprint density at radius 3 is 1.50 bits per heavy atom. The van der Waals surface area contributed by atoms with Gasteiger partial charge in [0.15, 0.2) is 33.3 Å². The van der Waals surface area contributed by atoms with E-state index < -0.39 is 33.3 Å². The van der Waals surface area contributed by atoms with Crippen LogP contribution in [-0.2, 0) is 32.0 Å². The summed E-state index contributed by atoms with van der Waals surface area (Å²) >= 11 is 0. The van der Waals surface area contributed by atoms with Crippen molar-refractivity contribution in [2.75, 3.05) is 7.11 Å². The van der Waals surface area contributed by atoms with Gasteiger partial charge in [-0.2, -0.15) is 0 Å². The summed E-state index contributed by atoms with van der Waals surface area (Å²) < 4.78 is 38.7. The third kappa shape index (κ3) is 19.5. The molecule has 0 radical (unpaired) electrons. The first kappa shape index (κ1) is 40.2. The number of rotatable bonds is 23. The minimum atomic E-state index is -1.89. The molecule has 0 amide bonds. The molecule has 0 saturated carbocycles. The summed E-state index contributed by atoms with van der Waals surface area (Å²) in [6, 6.07) is 0. The molecule has 7 nitrogen and oxygen atoms in total. The van der Waals surface area contributed by atoms with E-state index in [0.29, 0.717) is 12.5 Å². The van der Waals surface area contributed by atoms with Crippen molar-refractivity contribution in [3.63, 3.8) is 0 Å². The molecular weight excluding hydrogens is 597 g/mol. The molecule has 6 atom stereocenters. The molecule has 0 aliphatic carbocycles. The Kier molecular flexibility index (Phi) is 17.0. The Labute approximate surface area is 264 Å². The molecule has 1 aliphatic rings. The summed E-state index contributed by atoms with van der Waals surface area (Å²) in [6.45, 7) is 29.5. The Morgan fingerprint density at radius 1 is 0.619 bits per heavy atom. The molecule has 1 saturated heterocycles. The van der Waals surface area contributed by atoms with Crippen LogP contribution in [0.4, 0.5) is 0 Å². The first-order valence-corrected chi connectivity index (χ1v) is 30.2. The molecule has 1 aliphatic heterocycles. The topological polar surface area (TPSA) is 75.8 Å². The highest BCUT2D eigenvalue weighted by Crippen LogP contribution is 2.35. The average Bonchev–Trinajstić information content (AvgIpc) is 3.55. The van der Waals surface area contributed by atoms with Gasteiger partial charge in [0, 0.05) is 19.3 Å². The van der Waals surface area contributed by atoms with Gasteiger partial charge in [0.25, 0.3) is 0 Å². The van der Waals surface area contributed by atoms with Gasteiger partial charge in [0.1, 0.15) is 0 Å². The minimum absolute atomic E-state index is 0.0139. The van der Waals surface area contributed by atoms with Gasteiger partial charge in [-0.1, -0.05) is 32.6 Å². The first-order chi connectivity index (χ1) is 19.1. The highest BCUT2D eigenvalue weighted by molar-refractivity contribution is 6.71. The summed E-state index contributed by atoms with van der Waals surface area (Å²) in [7, 11) is -6.01. The largest absolute Gasteiger partial charge is 0.469 e. The third-order valence-corrected chi connectivity index (χ3v) is 11.0. The molecular formula is C31H68O7Si4. The maximum atomic E-state index is 11.4. The smallest absolute Gasteiger partial charge is 0.305 e. The fourth-order valence-electron chi connectivity index (χ4n) is 5.42. The Bertz CT molecular complexity index is 771. The van der Waals surface area contributed by atoms with Crippen molar-refractivity contribution < 1.29 is 32.0 Å². The van der Waals surface area contributed by atoms with Gasteiger partial charge in [-0.05, 0) is 97.8 Å². The Hall–Kier alpha value is 0.138. The van der Waals surface area contributed by atoms with Crippen molar-refractivity contribution in [1.29, 1.82) is 0 Å². The standard InChI is InChI=1S/C31H68O7Si4/c1-15-25-27(34-25)23-29(37-41(9,10)11)30(38-42(12,13)14)24-28(36-40(6,7)8)26(35-39(3,4)5)21-19-17-16-18-20-22-31(32)33-2/h25-30H,15-24H2,1-14H3.